The van der Waals surface area contributed by atoms with Crippen LogP contribution in [-0.4, -0.2) is 26.4 Å². The average molecular weight is 333 g/mol. The van der Waals surface area contributed by atoms with Crippen LogP contribution in [0.2, 0.25) is 0 Å². The molecule has 0 unspecified atom stereocenters. The Morgan fingerprint density at radius 3 is 2.64 bits per heavy atom. The van der Waals surface area contributed by atoms with Crippen molar-refractivity contribution in [3.05, 3.63) is 29.6 Å². The number of aryl methyl sites for hydroxylation is 3. The molecular weight excluding hydrogens is 318 g/mol. The summed E-state index contributed by atoms with van der Waals surface area (Å²) < 4.78 is 1.77. The van der Waals surface area contributed by atoms with Crippen LogP contribution in [0.5, 0.6) is 0 Å². The Balaban J connectivity index is 2.02. The number of aromatic nitrogens is 3. The smallest absolute Gasteiger partial charge is 0.234 e. The van der Waals surface area contributed by atoms with Crippen molar-refractivity contribution in [1.29, 1.82) is 5.26 Å². The van der Waals surface area contributed by atoms with E-state index in [9.17, 15) is 4.79 Å². The highest BCUT2D eigenvalue weighted by Gasteiger charge is 2.11. The number of benzene rings is 1. The lowest BCUT2D eigenvalue weighted by Crippen LogP contribution is -2.16. The fourth-order valence-electron chi connectivity index (χ4n) is 1.94. The maximum Gasteiger partial charge on any atom is 0.234 e. The Hall–Kier alpha value is -1.98. The summed E-state index contributed by atoms with van der Waals surface area (Å²) in [4.78, 5) is 13.0. The number of nitrogens with one attached hydrogen (secondary N) is 1. The molecule has 8 heteroatoms. The van der Waals surface area contributed by atoms with Crippen molar-refractivity contribution in [3.8, 4) is 5.40 Å². The van der Waals surface area contributed by atoms with Gasteiger partial charge in [-0.3, -0.25) is 4.79 Å². The quantitative estimate of drug-likeness (QED) is 0.669. The Morgan fingerprint density at radius 2 is 2.09 bits per heavy atom. The summed E-state index contributed by atoms with van der Waals surface area (Å²) in [5.41, 5.74) is 2.68. The third kappa shape index (κ3) is 4.02. The molecule has 0 saturated heterocycles. The summed E-state index contributed by atoms with van der Waals surface area (Å²) >= 11 is 2.45. The predicted octanol–water partition coefficient (Wildman–Crippen LogP) is 2.74. The molecule has 0 radical (unpaired) electrons. The minimum absolute atomic E-state index is 0.0973. The van der Waals surface area contributed by atoms with Crippen molar-refractivity contribution >= 4 is 35.1 Å². The van der Waals surface area contributed by atoms with Crippen LogP contribution in [-0.2, 0) is 11.8 Å². The van der Waals surface area contributed by atoms with Gasteiger partial charge in [0.2, 0.25) is 5.91 Å². The maximum atomic E-state index is 12.1. The molecule has 0 atom stereocenters. The molecular formula is C14H15N5OS2. The van der Waals surface area contributed by atoms with Gasteiger partial charge in [0, 0.05) is 17.6 Å². The first kappa shape index (κ1) is 16.4. The first-order valence-corrected chi connectivity index (χ1v) is 8.25. The second kappa shape index (κ2) is 7.33. The topological polar surface area (TPSA) is 83.6 Å². The van der Waals surface area contributed by atoms with Gasteiger partial charge in [-0.15, -0.1) is 10.2 Å². The molecule has 2 aromatic rings. The molecule has 0 saturated carbocycles. The van der Waals surface area contributed by atoms with Crippen molar-refractivity contribution < 1.29 is 4.79 Å². The van der Waals surface area contributed by atoms with Crippen LogP contribution < -0.4 is 5.32 Å². The van der Waals surface area contributed by atoms with E-state index in [0.29, 0.717) is 5.16 Å². The minimum atomic E-state index is -0.0973. The number of rotatable bonds is 5. The molecule has 0 aliphatic carbocycles. The zero-order valence-corrected chi connectivity index (χ0v) is 14.1. The summed E-state index contributed by atoms with van der Waals surface area (Å²) in [5.74, 6) is 0.167. The van der Waals surface area contributed by atoms with Crippen molar-refractivity contribution in [2.24, 2.45) is 7.05 Å². The molecule has 22 heavy (non-hydrogen) atoms. The average Bonchev–Trinajstić information content (AvgIpc) is 2.86. The Kier molecular flexibility index (Phi) is 5.46. The number of thiocyanates is 1. The fraction of sp³-hybridized carbons (Fsp3) is 0.286. The van der Waals surface area contributed by atoms with E-state index in [-0.39, 0.29) is 11.7 Å². The molecule has 2 rings (SSSR count). The zero-order valence-electron chi connectivity index (χ0n) is 12.5. The van der Waals surface area contributed by atoms with Crippen LogP contribution >= 0.6 is 23.5 Å². The standard InChI is InChI=1S/C14H15N5OS2/c1-9-4-11(22-7-15)5-10(2)13(9)17-12(20)6-21-14-18-16-8-19(14)3/h4-5,8H,6H2,1-3H3,(H,17,20). The van der Waals surface area contributed by atoms with Gasteiger partial charge in [-0.1, -0.05) is 11.8 Å². The molecule has 114 valence electrons. The van der Waals surface area contributed by atoms with E-state index >= 15 is 0 Å². The van der Waals surface area contributed by atoms with Crippen LogP contribution in [0.25, 0.3) is 0 Å². The number of carbonyl (C=O) groups is 1. The second-order valence-electron chi connectivity index (χ2n) is 4.69. The number of carbonyl (C=O) groups excluding carboxylic acids is 1. The lowest BCUT2D eigenvalue weighted by Gasteiger charge is -2.12. The van der Waals surface area contributed by atoms with E-state index < -0.39 is 0 Å². The van der Waals surface area contributed by atoms with Crippen LogP contribution in [0, 0.1) is 24.5 Å². The van der Waals surface area contributed by atoms with Gasteiger partial charge in [0.15, 0.2) is 5.16 Å². The number of nitrogens with zero attached hydrogens (tertiary/aromatic N) is 4. The van der Waals surface area contributed by atoms with Crippen molar-refractivity contribution in [2.45, 2.75) is 23.9 Å². The number of amides is 1. The lowest BCUT2D eigenvalue weighted by atomic mass is 10.1. The third-order valence-electron chi connectivity index (χ3n) is 2.94. The molecule has 1 aromatic carbocycles. The first-order valence-electron chi connectivity index (χ1n) is 6.45. The summed E-state index contributed by atoms with van der Waals surface area (Å²) in [6, 6.07) is 3.79. The SMILES string of the molecule is Cc1cc(SC#N)cc(C)c1NC(=O)CSc1nncn1C. The van der Waals surface area contributed by atoms with Gasteiger partial charge >= 0.3 is 0 Å². The van der Waals surface area contributed by atoms with Crippen LogP contribution in [0.3, 0.4) is 0 Å². The summed E-state index contributed by atoms with van der Waals surface area (Å²) in [7, 11) is 1.83. The van der Waals surface area contributed by atoms with Gasteiger partial charge in [0.1, 0.15) is 11.7 Å². The number of thioether (sulfide) groups is 2. The van der Waals surface area contributed by atoms with Crippen molar-refractivity contribution in [3.63, 3.8) is 0 Å². The first-order chi connectivity index (χ1) is 10.5. The summed E-state index contributed by atoms with van der Waals surface area (Å²) in [5, 5.41) is 22.1. The van der Waals surface area contributed by atoms with Gasteiger partial charge in [-0.2, -0.15) is 5.26 Å². The third-order valence-corrected chi connectivity index (χ3v) is 4.53. The molecule has 0 aliphatic rings. The highest BCUT2D eigenvalue weighted by atomic mass is 32.2. The lowest BCUT2D eigenvalue weighted by molar-refractivity contribution is -0.113. The molecule has 1 heterocycles. The predicted molar refractivity (Wildman–Crippen MR) is 87.7 cm³/mol. The molecule has 0 bridgehead atoms. The number of hydrogen-bond donors (Lipinski definition) is 1. The van der Waals surface area contributed by atoms with Crippen molar-refractivity contribution in [1.82, 2.24) is 14.8 Å². The summed E-state index contributed by atoms with van der Waals surface area (Å²) in [6.07, 6.45) is 1.60. The number of nitriles is 1. The molecule has 0 spiro atoms. The van der Waals surface area contributed by atoms with Crippen LogP contribution in [0.1, 0.15) is 11.1 Å². The van der Waals surface area contributed by atoms with E-state index in [1.807, 2.05) is 33.0 Å². The summed E-state index contributed by atoms with van der Waals surface area (Å²) in [6.45, 7) is 3.83. The van der Waals surface area contributed by atoms with Crippen molar-refractivity contribution in [2.75, 3.05) is 11.1 Å². The molecule has 0 fully saturated rings. The maximum absolute atomic E-state index is 12.1. The van der Waals surface area contributed by atoms with Gasteiger partial charge in [-0.05, 0) is 48.9 Å². The van der Waals surface area contributed by atoms with Crippen LogP contribution in [0.15, 0.2) is 28.5 Å². The number of anilines is 1. The fourth-order valence-corrected chi connectivity index (χ4v) is 3.21. The van der Waals surface area contributed by atoms with Crippen LogP contribution in [0.4, 0.5) is 5.69 Å². The van der Waals surface area contributed by atoms with Gasteiger partial charge in [0.25, 0.3) is 0 Å². The Bertz CT molecular complexity index is 712. The second-order valence-corrected chi connectivity index (χ2v) is 6.49. The van der Waals surface area contributed by atoms with E-state index in [1.54, 1.807) is 10.9 Å². The minimum Gasteiger partial charge on any atom is -0.325 e. The largest absolute Gasteiger partial charge is 0.325 e. The van der Waals surface area contributed by atoms with E-state index in [2.05, 4.69) is 20.9 Å². The highest BCUT2D eigenvalue weighted by Crippen LogP contribution is 2.27. The normalized spacial score (nSPS) is 10.3. The monoisotopic (exact) mass is 333 g/mol. The van der Waals surface area contributed by atoms with E-state index in [1.165, 1.54) is 11.8 Å². The Morgan fingerprint density at radius 1 is 1.41 bits per heavy atom. The Labute approximate surface area is 137 Å². The van der Waals surface area contributed by atoms with E-state index in [0.717, 1.165) is 33.5 Å². The van der Waals surface area contributed by atoms with E-state index in [4.69, 9.17) is 5.26 Å². The zero-order chi connectivity index (χ0) is 16.1. The molecule has 6 nitrogen and oxygen atoms in total. The molecule has 1 N–H and O–H groups in total. The molecule has 1 aromatic heterocycles. The van der Waals surface area contributed by atoms with Gasteiger partial charge < -0.3 is 9.88 Å². The highest BCUT2D eigenvalue weighted by molar-refractivity contribution is 8.03. The molecule has 1 amide bonds. The van der Waals surface area contributed by atoms with Gasteiger partial charge in [0.05, 0.1) is 5.75 Å². The van der Waals surface area contributed by atoms with Gasteiger partial charge in [-0.25, -0.2) is 0 Å². The number of hydrogen-bond acceptors (Lipinski definition) is 6. The molecule has 0 aliphatic heterocycles.